The zero-order valence-corrected chi connectivity index (χ0v) is 25.8. The highest BCUT2D eigenvalue weighted by Gasteiger charge is 2.80. The minimum atomic E-state index is -3.63. The lowest BCUT2D eigenvalue weighted by atomic mass is 9.60. The van der Waals surface area contributed by atoms with E-state index in [-0.39, 0.29) is 18.2 Å². The highest BCUT2D eigenvalue weighted by Crippen LogP contribution is 2.48. The lowest BCUT2D eigenvalue weighted by Gasteiger charge is -2.56. The molecule has 1 fully saturated rings. The first-order chi connectivity index (χ1) is 19.8. The highest BCUT2D eigenvalue weighted by atomic mass is 16.7. The van der Waals surface area contributed by atoms with Crippen LogP contribution in [0, 0.1) is 5.92 Å². The van der Waals surface area contributed by atoms with Gasteiger partial charge in [-0.2, -0.15) is 0 Å². The molecule has 0 radical (unpaired) electrons. The summed E-state index contributed by atoms with van der Waals surface area (Å²) in [4.78, 5) is 51.9. The fourth-order valence-electron chi connectivity index (χ4n) is 5.65. The minimum Gasteiger partial charge on any atom is -0.443 e. The van der Waals surface area contributed by atoms with Crippen molar-refractivity contribution in [1.29, 1.82) is 0 Å². The predicted octanol–water partition coefficient (Wildman–Crippen LogP) is 1.34. The molecule has 1 unspecified atom stereocenters. The van der Waals surface area contributed by atoms with Crippen LogP contribution in [0.25, 0.3) is 0 Å². The van der Waals surface area contributed by atoms with Crippen LogP contribution in [0.5, 0.6) is 5.88 Å². The smallest absolute Gasteiger partial charge is 0.242 e. The van der Waals surface area contributed by atoms with Gasteiger partial charge < -0.3 is 29.9 Å². The summed E-state index contributed by atoms with van der Waals surface area (Å²) in [5.41, 5.74) is -7.33. The van der Waals surface area contributed by atoms with Gasteiger partial charge in [0.1, 0.15) is 6.10 Å². The number of hydrogen-bond acceptors (Lipinski definition) is 11. The van der Waals surface area contributed by atoms with Crippen LogP contribution in [0.4, 0.5) is 0 Å². The van der Waals surface area contributed by atoms with Crippen LogP contribution < -0.4 is 4.74 Å². The van der Waals surface area contributed by atoms with Crippen molar-refractivity contribution in [2.24, 2.45) is 5.92 Å². The molecule has 3 rings (SSSR count). The largest absolute Gasteiger partial charge is 0.443 e. The van der Waals surface area contributed by atoms with Gasteiger partial charge >= 0.3 is 0 Å². The van der Waals surface area contributed by atoms with E-state index in [2.05, 4.69) is 24.0 Å². The average Bonchev–Trinajstić information content (AvgIpc) is 3.30. The van der Waals surface area contributed by atoms with Gasteiger partial charge in [-0.25, -0.2) is 0 Å². The number of Topliss-reactive ketones (excluding diaryl/α,β-unsaturated/α-hetero) is 4. The molecule has 2 heterocycles. The molecular formula is C31H42N2O10. The molecule has 1 aromatic carbocycles. The maximum absolute atomic E-state index is 13.1. The first kappa shape index (κ1) is 34.2. The van der Waals surface area contributed by atoms with Crippen molar-refractivity contribution in [2.75, 3.05) is 0 Å². The van der Waals surface area contributed by atoms with Crippen molar-refractivity contribution < 1.29 is 49.1 Å². The number of benzene rings is 1. The van der Waals surface area contributed by atoms with E-state index in [1.54, 1.807) is 0 Å². The number of aliphatic hydroxyl groups is 4. The monoisotopic (exact) mass is 602 g/mol. The van der Waals surface area contributed by atoms with Gasteiger partial charge in [0.15, 0.2) is 34.8 Å². The highest BCUT2D eigenvalue weighted by molar-refractivity contribution is 6.08. The van der Waals surface area contributed by atoms with Gasteiger partial charge in [-0.15, -0.1) is 5.10 Å². The van der Waals surface area contributed by atoms with Gasteiger partial charge in [0.05, 0.1) is 0 Å². The summed E-state index contributed by atoms with van der Waals surface area (Å²) in [7, 11) is 0. The molecule has 0 bridgehead atoms. The van der Waals surface area contributed by atoms with Gasteiger partial charge in [-0.3, -0.25) is 24.3 Å². The van der Waals surface area contributed by atoms with Crippen LogP contribution in [-0.4, -0.2) is 89.1 Å². The third kappa shape index (κ3) is 5.69. The van der Waals surface area contributed by atoms with E-state index >= 15 is 0 Å². The Morgan fingerprint density at radius 3 is 1.88 bits per heavy atom. The van der Waals surface area contributed by atoms with Crippen molar-refractivity contribution in [2.45, 2.75) is 109 Å². The quantitative estimate of drug-likeness (QED) is 0.235. The van der Waals surface area contributed by atoms with Crippen LogP contribution in [0.2, 0.25) is 0 Å². The molecular weight excluding hydrogens is 560 g/mol. The molecule has 1 aliphatic rings. The van der Waals surface area contributed by atoms with E-state index in [0.717, 1.165) is 45.2 Å². The summed E-state index contributed by atoms with van der Waals surface area (Å²) in [5.74, 6) is -5.20. The standard InChI is InChI=1S/C31H42N2O10/c1-15(2)13-21-9-11-22(12-10-21)14-23-24(16(3)4)32-33-27(23)43-28-30(40,19(7)36)31(41,20(8)37)29(39,18(6)35)26(42-28)25(38)17(5)34/h9-12,15-17,26,28,34,39-41H,13-14H2,1-8H3,(H,32,33)/t17?,26-,28+,29-,30+,31+/m1/s1. The van der Waals surface area contributed by atoms with Crippen molar-refractivity contribution in [3.05, 3.63) is 46.6 Å². The maximum Gasteiger partial charge on any atom is 0.242 e. The molecule has 1 aliphatic heterocycles. The van der Waals surface area contributed by atoms with Crippen molar-refractivity contribution in [3.63, 3.8) is 0 Å². The Labute approximate surface area is 250 Å². The summed E-state index contributed by atoms with van der Waals surface area (Å²) >= 11 is 0. The molecule has 12 heteroatoms. The van der Waals surface area contributed by atoms with Crippen LogP contribution in [0.15, 0.2) is 24.3 Å². The van der Waals surface area contributed by atoms with E-state index in [9.17, 15) is 39.6 Å². The Bertz CT molecular complexity index is 1380. The average molecular weight is 603 g/mol. The van der Waals surface area contributed by atoms with E-state index in [4.69, 9.17) is 9.47 Å². The number of aliphatic hydroxyl groups excluding tert-OH is 1. The first-order valence-corrected chi connectivity index (χ1v) is 14.2. The normalized spacial score (nSPS) is 28.1. The molecule has 1 saturated heterocycles. The Kier molecular flexibility index (Phi) is 9.84. The third-order valence-electron chi connectivity index (χ3n) is 8.04. The number of nitrogens with zero attached hydrogens (tertiary/aromatic N) is 1. The van der Waals surface area contributed by atoms with Gasteiger partial charge in [0, 0.05) is 17.7 Å². The number of ether oxygens (including phenoxy) is 2. The summed E-state index contributed by atoms with van der Waals surface area (Å²) in [6.45, 7) is 11.3. The number of hydrogen-bond donors (Lipinski definition) is 5. The van der Waals surface area contributed by atoms with Crippen LogP contribution in [0.3, 0.4) is 0 Å². The Balaban J connectivity index is 2.18. The summed E-state index contributed by atoms with van der Waals surface area (Å²) < 4.78 is 11.5. The molecule has 6 atom stereocenters. The molecule has 0 saturated carbocycles. The molecule has 0 aliphatic carbocycles. The van der Waals surface area contributed by atoms with Crippen LogP contribution in [0.1, 0.15) is 83.7 Å². The van der Waals surface area contributed by atoms with Crippen molar-refractivity contribution >= 4 is 23.1 Å². The molecule has 43 heavy (non-hydrogen) atoms. The molecule has 1 aromatic heterocycles. The number of carbonyl (C=O) groups is 4. The molecule has 5 N–H and O–H groups in total. The van der Waals surface area contributed by atoms with Crippen molar-refractivity contribution in [3.8, 4) is 5.88 Å². The number of aromatic amines is 1. The lowest BCUT2D eigenvalue weighted by molar-refractivity contribution is -0.344. The minimum absolute atomic E-state index is 0.0967. The number of nitrogens with one attached hydrogen (secondary N) is 1. The van der Waals surface area contributed by atoms with Gasteiger partial charge in [0.2, 0.25) is 23.4 Å². The van der Waals surface area contributed by atoms with Gasteiger partial charge in [-0.05, 0) is 57.1 Å². The lowest BCUT2D eigenvalue weighted by Crippen LogP contribution is -2.87. The molecule has 2 aromatic rings. The Morgan fingerprint density at radius 2 is 1.44 bits per heavy atom. The second kappa shape index (κ2) is 12.4. The Morgan fingerprint density at radius 1 is 0.907 bits per heavy atom. The number of carbonyl (C=O) groups excluding carboxylic acids is 4. The Hall–Kier alpha value is -3.29. The van der Waals surface area contributed by atoms with E-state index in [1.165, 1.54) is 0 Å². The summed E-state index contributed by atoms with van der Waals surface area (Å²) in [6.07, 6.45) is -5.41. The second-order valence-electron chi connectivity index (χ2n) is 12.1. The number of H-pyrrole nitrogens is 1. The summed E-state index contributed by atoms with van der Waals surface area (Å²) in [6, 6.07) is 7.90. The first-order valence-electron chi connectivity index (χ1n) is 14.2. The molecule has 12 nitrogen and oxygen atoms in total. The van der Waals surface area contributed by atoms with Crippen molar-refractivity contribution in [1.82, 2.24) is 10.2 Å². The molecule has 236 valence electrons. The predicted molar refractivity (Wildman–Crippen MR) is 153 cm³/mol. The summed E-state index contributed by atoms with van der Waals surface area (Å²) in [5, 5.41) is 52.2. The maximum atomic E-state index is 13.1. The van der Waals surface area contributed by atoms with Gasteiger partial charge in [-0.1, -0.05) is 52.0 Å². The zero-order valence-electron chi connectivity index (χ0n) is 25.8. The zero-order chi connectivity index (χ0) is 32.7. The number of rotatable bonds is 12. The third-order valence-corrected chi connectivity index (χ3v) is 8.04. The van der Waals surface area contributed by atoms with Gasteiger partial charge in [0.25, 0.3) is 0 Å². The second-order valence-corrected chi connectivity index (χ2v) is 12.1. The van der Waals surface area contributed by atoms with E-state index in [0.29, 0.717) is 17.2 Å². The number of ketones is 4. The van der Waals surface area contributed by atoms with E-state index in [1.807, 2.05) is 38.1 Å². The fourth-order valence-corrected chi connectivity index (χ4v) is 5.65. The van der Waals surface area contributed by atoms with Crippen LogP contribution >= 0.6 is 0 Å². The van der Waals surface area contributed by atoms with Crippen LogP contribution in [-0.2, 0) is 36.8 Å². The topological polar surface area (TPSA) is 196 Å². The molecule has 0 amide bonds. The SMILES string of the molecule is CC(=O)[C@]1(O)[C@@](O)(C(C)=O)[C@@H](C(=O)C(C)O)O[C@@H](Oc2n[nH]c(C(C)C)c2Cc2ccc(CC(C)C)cc2)[C@@]1(O)C(C)=O. The molecule has 0 spiro atoms. The van der Waals surface area contributed by atoms with E-state index < -0.39 is 58.4 Å². The number of aromatic nitrogens is 2. The fraction of sp³-hybridized carbons (Fsp3) is 0.581.